The average molecular weight is 861 g/mol. The smallest absolute Gasteiger partial charge is 0.389 e. The van der Waals surface area contributed by atoms with Crippen molar-refractivity contribution < 1.29 is 43.2 Å². The zero-order chi connectivity index (χ0) is 34.4. The van der Waals surface area contributed by atoms with Crippen molar-refractivity contribution >= 4 is 45.7 Å². The number of hydrogen-bond acceptors (Lipinski definition) is 4. The van der Waals surface area contributed by atoms with Crippen LogP contribution in [0.3, 0.4) is 0 Å². The predicted molar refractivity (Wildman–Crippen MR) is 192 cm³/mol. The molecule has 1 N–H and O–H groups in total. The van der Waals surface area contributed by atoms with Crippen LogP contribution in [-0.2, 0) is 36.7 Å². The molecular weight excluding hydrogens is 812 g/mol. The largest absolute Gasteiger partial charge is 0.512 e. The molecular formula is C38H49F3IrNO2SSi-. The summed E-state index contributed by atoms with van der Waals surface area (Å²) < 4.78 is 39.2. The van der Waals surface area contributed by atoms with Crippen LogP contribution in [0.4, 0.5) is 13.2 Å². The van der Waals surface area contributed by atoms with Crippen LogP contribution < -0.4 is 0 Å². The molecule has 259 valence electrons. The summed E-state index contributed by atoms with van der Waals surface area (Å²) in [5.41, 5.74) is 3.72. The van der Waals surface area contributed by atoms with Gasteiger partial charge in [-0.2, -0.15) is 13.2 Å². The van der Waals surface area contributed by atoms with Crippen molar-refractivity contribution in [1.82, 2.24) is 4.98 Å². The van der Waals surface area contributed by atoms with Crippen LogP contribution in [0.5, 0.6) is 0 Å². The van der Waals surface area contributed by atoms with Crippen molar-refractivity contribution in [3.05, 3.63) is 76.5 Å². The quantitative estimate of drug-likeness (QED) is 0.0748. The molecule has 3 nitrogen and oxygen atoms in total. The van der Waals surface area contributed by atoms with Crippen LogP contribution >= 0.6 is 11.3 Å². The van der Waals surface area contributed by atoms with E-state index in [1.165, 1.54) is 23.0 Å². The van der Waals surface area contributed by atoms with Gasteiger partial charge in [0.2, 0.25) is 0 Å². The molecule has 0 unspecified atom stereocenters. The van der Waals surface area contributed by atoms with E-state index in [4.69, 9.17) is 0 Å². The second kappa shape index (κ2) is 16.9. The van der Waals surface area contributed by atoms with Crippen molar-refractivity contribution in [2.24, 2.45) is 5.92 Å². The van der Waals surface area contributed by atoms with Gasteiger partial charge < -0.3 is 9.90 Å². The molecule has 0 aliphatic rings. The third-order valence-corrected chi connectivity index (χ3v) is 15.1. The summed E-state index contributed by atoms with van der Waals surface area (Å²) in [4.78, 5) is 17.5. The number of aromatic nitrogens is 1. The minimum Gasteiger partial charge on any atom is -0.512 e. The van der Waals surface area contributed by atoms with Crippen LogP contribution in [0, 0.1) is 18.9 Å². The molecule has 0 saturated carbocycles. The Kier molecular flexibility index (Phi) is 14.7. The van der Waals surface area contributed by atoms with E-state index in [0.29, 0.717) is 0 Å². The van der Waals surface area contributed by atoms with Gasteiger partial charge in [0.1, 0.15) is 13.5 Å². The number of alkyl halides is 3. The molecule has 0 aliphatic heterocycles. The zero-order valence-electron chi connectivity index (χ0n) is 29.1. The van der Waals surface area contributed by atoms with E-state index in [0.717, 1.165) is 67.5 Å². The molecule has 0 spiro atoms. The van der Waals surface area contributed by atoms with Crippen LogP contribution in [-0.4, -0.2) is 29.7 Å². The van der Waals surface area contributed by atoms with E-state index in [1.807, 2.05) is 45.0 Å². The number of aliphatic hydroxyl groups excluding tert-OH is 1. The fourth-order valence-corrected chi connectivity index (χ4v) is 8.59. The third kappa shape index (κ3) is 10.1. The SMILES string of the molecule is CCC(CC)/C(O)=C/C(=O)[Si](C)(CC)CC.Cc1c(CCC(F)(F)F)sc2c(-c3[c-]c4ccccc4c(C(C)(C)C)c3)nccc12.[Ir]. The van der Waals surface area contributed by atoms with E-state index in [9.17, 15) is 23.1 Å². The molecule has 0 bridgehead atoms. The minimum absolute atomic E-state index is 0. The molecule has 1 radical (unpaired) electrons. The maximum atomic E-state index is 12.8. The minimum atomic E-state index is -4.16. The number of allylic oxidation sites excluding steroid dienone is 2. The summed E-state index contributed by atoms with van der Waals surface area (Å²) >= 11 is 1.42. The number of pyridine rings is 1. The number of fused-ring (bicyclic) bond motifs is 2. The third-order valence-electron chi connectivity index (χ3n) is 9.26. The molecule has 2 aromatic carbocycles. The molecule has 9 heteroatoms. The first kappa shape index (κ1) is 40.8. The second-order valence-corrected chi connectivity index (χ2v) is 19.5. The Morgan fingerprint density at radius 2 is 1.66 bits per heavy atom. The molecule has 0 atom stereocenters. The van der Waals surface area contributed by atoms with Gasteiger partial charge in [-0.05, 0) is 48.6 Å². The van der Waals surface area contributed by atoms with Gasteiger partial charge in [-0.15, -0.1) is 40.5 Å². The number of aliphatic hydroxyl groups is 1. The van der Waals surface area contributed by atoms with Crippen LogP contribution in [0.1, 0.15) is 83.7 Å². The maximum Gasteiger partial charge on any atom is 0.389 e. The van der Waals surface area contributed by atoms with Crippen molar-refractivity contribution in [3.63, 3.8) is 0 Å². The summed E-state index contributed by atoms with van der Waals surface area (Å²) in [5.74, 6) is 0.437. The number of hydrogen-bond donors (Lipinski definition) is 1. The molecule has 2 heterocycles. The number of rotatable bonds is 10. The first-order valence-electron chi connectivity index (χ1n) is 16.3. The second-order valence-electron chi connectivity index (χ2n) is 13.4. The van der Waals surface area contributed by atoms with Gasteiger partial charge in [0.25, 0.3) is 0 Å². The Morgan fingerprint density at radius 3 is 2.21 bits per heavy atom. The van der Waals surface area contributed by atoms with Gasteiger partial charge >= 0.3 is 6.18 Å². The zero-order valence-corrected chi connectivity index (χ0v) is 33.3. The summed E-state index contributed by atoms with van der Waals surface area (Å²) in [7, 11) is -1.81. The number of carbonyl (C=O) groups excluding carboxylic acids is 1. The summed E-state index contributed by atoms with van der Waals surface area (Å²) in [6.07, 6.45) is 0.0762. The van der Waals surface area contributed by atoms with Crippen molar-refractivity contribution in [1.29, 1.82) is 0 Å². The van der Waals surface area contributed by atoms with Gasteiger partial charge in [0, 0.05) is 60.0 Å². The van der Waals surface area contributed by atoms with Gasteiger partial charge in [0.15, 0.2) is 0 Å². The molecule has 0 amide bonds. The van der Waals surface area contributed by atoms with Crippen LogP contribution in [0.2, 0.25) is 18.6 Å². The number of benzene rings is 2. The summed E-state index contributed by atoms with van der Waals surface area (Å²) in [6, 6.07) is 17.6. The fraction of sp³-hybridized carbons (Fsp3) is 0.474. The normalized spacial score (nSPS) is 12.7. The van der Waals surface area contributed by atoms with E-state index in [-0.39, 0.29) is 49.0 Å². The van der Waals surface area contributed by atoms with Gasteiger partial charge in [-0.25, -0.2) is 0 Å². The maximum absolute atomic E-state index is 12.8. The summed E-state index contributed by atoms with van der Waals surface area (Å²) in [5, 5.41) is 13.2. The molecule has 0 fully saturated rings. The molecule has 2 aromatic heterocycles. The van der Waals surface area contributed by atoms with Gasteiger partial charge in [0.05, 0.1) is 5.76 Å². The molecule has 47 heavy (non-hydrogen) atoms. The Labute approximate surface area is 297 Å². The number of thiophene rings is 1. The molecule has 0 saturated heterocycles. The van der Waals surface area contributed by atoms with Crippen molar-refractivity contribution in [2.75, 3.05) is 0 Å². The van der Waals surface area contributed by atoms with E-state index >= 15 is 0 Å². The van der Waals surface area contributed by atoms with E-state index in [1.54, 1.807) is 6.20 Å². The van der Waals surface area contributed by atoms with Crippen molar-refractivity contribution in [3.8, 4) is 11.3 Å². The van der Waals surface area contributed by atoms with E-state index in [2.05, 4.69) is 64.3 Å². The fourth-order valence-electron chi connectivity index (χ4n) is 5.59. The van der Waals surface area contributed by atoms with Crippen molar-refractivity contribution in [2.45, 2.75) is 111 Å². The first-order chi connectivity index (χ1) is 21.5. The molecule has 4 aromatic rings. The summed E-state index contributed by atoms with van der Waals surface area (Å²) in [6.45, 7) is 18.8. The van der Waals surface area contributed by atoms with Crippen LogP contribution in [0.15, 0.2) is 54.4 Å². The topological polar surface area (TPSA) is 50.2 Å². The standard InChI is InChI=1S/C25H23F3NS.C13H26O2Si.Ir/c1-15-18-10-12-29-22(23(18)30-21(15)9-11-25(26,27)28)17-13-16-7-5-6-8-19(16)20(14-17)24(2,3)4;1-6-11(7-2)12(14)10-13(15)16(5,8-3)9-4;/h5-8,10,12,14H,9,11H2,1-4H3;10-11,14H,6-9H2,1-5H3;/q-1;;/b;12-10-;. The van der Waals surface area contributed by atoms with Gasteiger partial charge in [-0.1, -0.05) is 96.3 Å². The van der Waals surface area contributed by atoms with Crippen LogP contribution in [0.25, 0.3) is 32.1 Å². The number of aryl methyl sites for hydroxylation is 2. The predicted octanol–water partition coefficient (Wildman–Crippen LogP) is 12.1. The molecule has 0 aliphatic carbocycles. The average Bonchev–Trinajstić information content (AvgIpc) is 3.34. The molecule has 4 rings (SSSR count). The number of carbonyl (C=O) groups is 1. The van der Waals surface area contributed by atoms with Gasteiger partial charge in [-0.3, -0.25) is 4.98 Å². The number of nitrogens with zero attached hydrogens (tertiary/aromatic N) is 1. The first-order valence-corrected chi connectivity index (χ1v) is 20.1. The Balaban J connectivity index is 0.000000388. The monoisotopic (exact) mass is 861 g/mol. The Hall–Kier alpha value is -2.32. The number of halogens is 3. The Morgan fingerprint density at radius 1 is 1.04 bits per heavy atom. The Bertz CT molecular complexity index is 1680. The van der Waals surface area contributed by atoms with E-state index < -0.39 is 20.7 Å².